The summed E-state index contributed by atoms with van der Waals surface area (Å²) in [5, 5.41) is -0.453. The lowest BCUT2D eigenvalue weighted by Crippen LogP contribution is -2.18. The van der Waals surface area contributed by atoms with Crippen molar-refractivity contribution in [1.82, 2.24) is 9.97 Å². The third-order valence-corrected chi connectivity index (χ3v) is 5.11. The van der Waals surface area contributed by atoms with Crippen LogP contribution in [0.4, 0.5) is 0 Å². The van der Waals surface area contributed by atoms with Gasteiger partial charge in [-0.3, -0.25) is 0 Å². The van der Waals surface area contributed by atoms with Crippen molar-refractivity contribution in [3.8, 4) is 0 Å². The molecule has 20 heavy (non-hydrogen) atoms. The van der Waals surface area contributed by atoms with E-state index in [1.165, 1.54) is 6.92 Å². The summed E-state index contributed by atoms with van der Waals surface area (Å²) in [5.74, 6) is -2.81. The Balaban J connectivity index is 3.18. The fraction of sp³-hybridized carbons (Fsp3) is 0.444. The monoisotopic (exact) mass is 342 g/mol. The molecule has 8 nitrogen and oxygen atoms in total. The summed E-state index contributed by atoms with van der Waals surface area (Å²) in [6.07, 6.45) is 0. The van der Waals surface area contributed by atoms with Gasteiger partial charge < -0.3 is 4.74 Å². The fourth-order valence-electron chi connectivity index (χ4n) is 1.20. The Hall–Kier alpha value is -1.26. The first-order valence-electron chi connectivity index (χ1n) is 5.14. The number of ether oxygens (including phenoxy) is 1. The second-order valence-electron chi connectivity index (χ2n) is 3.72. The number of aryl methyl sites for hydroxylation is 1. The third-order valence-electron chi connectivity index (χ3n) is 2.11. The minimum absolute atomic E-state index is 0.229. The molecule has 0 aliphatic rings. The van der Waals surface area contributed by atoms with Gasteiger partial charge in [-0.15, -0.1) is 0 Å². The predicted molar refractivity (Wildman–Crippen MR) is 69.8 cm³/mol. The molecule has 0 saturated heterocycles. The lowest BCUT2D eigenvalue weighted by molar-refractivity contribution is 0.0585. The van der Waals surface area contributed by atoms with Crippen LogP contribution in [0, 0.1) is 6.92 Å². The Morgan fingerprint density at radius 1 is 1.25 bits per heavy atom. The normalized spacial score (nSPS) is 12.2. The van der Waals surface area contributed by atoms with Gasteiger partial charge in [0.25, 0.3) is 0 Å². The summed E-state index contributed by atoms with van der Waals surface area (Å²) in [6, 6.07) is 1.13. The molecule has 0 N–H and O–H groups in total. The van der Waals surface area contributed by atoms with Crippen LogP contribution in [-0.2, 0) is 23.6 Å². The summed E-state index contributed by atoms with van der Waals surface area (Å²) in [6.45, 7) is 1.46. The van der Waals surface area contributed by atoms with E-state index in [9.17, 15) is 21.6 Å². The summed E-state index contributed by atoms with van der Waals surface area (Å²) >= 11 is 0. The highest BCUT2D eigenvalue weighted by atomic mass is 35.7. The maximum Gasteiger partial charge on any atom is 0.376 e. The molecule has 0 bridgehead atoms. The van der Waals surface area contributed by atoms with Gasteiger partial charge in [0.05, 0.1) is 18.6 Å². The summed E-state index contributed by atoms with van der Waals surface area (Å²) in [7, 11) is -1.89. The van der Waals surface area contributed by atoms with Crippen LogP contribution in [0.25, 0.3) is 0 Å². The quantitative estimate of drug-likeness (QED) is 0.413. The molecule has 0 atom stereocenters. The van der Waals surface area contributed by atoms with Crippen molar-refractivity contribution in [3.63, 3.8) is 0 Å². The van der Waals surface area contributed by atoms with Crippen LogP contribution < -0.4 is 0 Å². The SMILES string of the molecule is COC(=O)c1nc(C)cc(S(=O)(=O)CCS(=O)(=O)Cl)n1. The molecule has 0 amide bonds. The van der Waals surface area contributed by atoms with Crippen molar-refractivity contribution in [2.45, 2.75) is 11.9 Å². The van der Waals surface area contributed by atoms with E-state index in [-0.39, 0.29) is 5.69 Å². The van der Waals surface area contributed by atoms with Crippen LogP contribution in [-0.4, -0.2) is 51.4 Å². The molecule has 11 heteroatoms. The lowest BCUT2D eigenvalue weighted by Gasteiger charge is -2.05. The lowest BCUT2D eigenvalue weighted by atomic mass is 10.4. The van der Waals surface area contributed by atoms with Gasteiger partial charge in [-0.1, -0.05) is 0 Å². The first kappa shape index (κ1) is 16.8. The number of halogens is 1. The summed E-state index contributed by atoms with van der Waals surface area (Å²) in [4.78, 5) is 18.6. The molecular weight excluding hydrogens is 332 g/mol. The van der Waals surface area contributed by atoms with Crippen molar-refractivity contribution < 1.29 is 26.4 Å². The smallest absolute Gasteiger partial charge is 0.376 e. The van der Waals surface area contributed by atoms with E-state index in [2.05, 4.69) is 14.7 Å². The van der Waals surface area contributed by atoms with Crippen LogP contribution in [0.5, 0.6) is 0 Å². The highest BCUT2D eigenvalue weighted by molar-refractivity contribution is 8.14. The van der Waals surface area contributed by atoms with Crippen LogP contribution in [0.3, 0.4) is 0 Å². The molecule has 0 aromatic carbocycles. The molecule has 0 unspecified atom stereocenters. The number of hydrogen-bond donors (Lipinski definition) is 0. The summed E-state index contributed by atoms with van der Waals surface area (Å²) < 4.78 is 49.8. The molecule has 0 radical (unpaired) electrons. The van der Waals surface area contributed by atoms with Gasteiger partial charge >= 0.3 is 5.97 Å². The number of carbonyl (C=O) groups excluding carboxylic acids is 1. The largest absolute Gasteiger partial charge is 0.463 e. The second kappa shape index (κ2) is 6.02. The molecule has 0 aliphatic heterocycles. The van der Waals surface area contributed by atoms with E-state index < -0.39 is 47.2 Å². The third kappa shape index (κ3) is 4.69. The molecule has 0 aliphatic carbocycles. The number of hydrogen-bond acceptors (Lipinski definition) is 8. The fourth-order valence-corrected chi connectivity index (χ4v) is 4.22. The van der Waals surface area contributed by atoms with Gasteiger partial charge in [0.2, 0.25) is 14.9 Å². The zero-order valence-corrected chi connectivity index (χ0v) is 12.9. The van der Waals surface area contributed by atoms with Crippen LogP contribution in [0.2, 0.25) is 0 Å². The minimum atomic E-state index is -4.00. The van der Waals surface area contributed by atoms with E-state index in [1.807, 2.05) is 0 Å². The van der Waals surface area contributed by atoms with Gasteiger partial charge in [-0.05, 0) is 13.0 Å². The van der Waals surface area contributed by atoms with Gasteiger partial charge in [-0.2, -0.15) is 0 Å². The maximum absolute atomic E-state index is 11.9. The van der Waals surface area contributed by atoms with E-state index in [1.54, 1.807) is 0 Å². The van der Waals surface area contributed by atoms with Crippen molar-refractivity contribution in [2.24, 2.45) is 0 Å². The van der Waals surface area contributed by atoms with Gasteiger partial charge in [0.1, 0.15) is 0 Å². The van der Waals surface area contributed by atoms with E-state index in [0.717, 1.165) is 13.2 Å². The molecule has 0 spiro atoms. The first-order valence-corrected chi connectivity index (χ1v) is 9.27. The number of esters is 1. The average molecular weight is 343 g/mol. The Labute approximate surface area is 120 Å². The Kier molecular flexibility index (Phi) is 5.05. The first-order chi connectivity index (χ1) is 9.05. The number of carbonyl (C=O) groups is 1. The number of nitrogens with zero attached hydrogens (tertiary/aromatic N) is 2. The maximum atomic E-state index is 11.9. The molecule has 1 aromatic heterocycles. The Morgan fingerprint density at radius 3 is 2.35 bits per heavy atom. The van der Waals surface area contributed by atoms with Crippen molar-refractivity contribution in [3.05, 3.63) is 17.6 Å². The second-order valence-corrected chi connectivity index (χ2v) is 8.68. The molecule has 0 saturated carbocycles. The van der Waals surface area contributed by atoms with Crippen LogP contribution in [0.15, 0.2) is 11.1 Å². The number of aromatic nitrogens is 2. The molecular formula is C9H11ClN2O6S2. The minimum Gasteiger partial charge on any atom is -0.463 e. The van der Waals surface area contributed by atoms with Crippen molar-refractivity contribution >= 4 is 35.5 Å². The predicted octanol–water partition coefficient (Wildman–Crippen LogP) is -0.0861. The average Bonchev–Trinajstić information content (AvgIpc) is 2.34. The molecule has 1 rings (SSSR count). The molecule has 1 heterocycles. The number of methoxy groups -OCH3 is 1. The van der Waals surface area contributed by atoms with E-state index in [0.29, 0.717) is 0 Å². The van der Waals surface area contributed by atoms with Gasteiger partial charge in [0.15, 0.2) is 14.9 Å². The zero-order valence-electron chi connectivity index (χ0n) is 10.5. The standard InChI is InChI=1S/C9H11ClN2O6S2/c1-6-5-7(12-8(11-6)9(13)18-2)19(14,15)3-4-20(10,16)17/h5H,3-4H2,1-2H3. The van der Waals surface area contributed by atoms with Crippen LogP contribution >= 0.6 is 10.7 Å². The summed E-state index contributed by atoms with van der Waals surface area (Å²) in [5.41, 5.74) is 0.229. The zero-order chi connectivity index (χ0) is 15.6. The molecule has 1 aromatic rings. The highest BCUT2D eigenvalue weighted by Gasteiger charge is 2.23. The Morgan fingerprint density at radius 2 is 1.85 bits per heavy atom. The number of rotatable bonds is 5. The van der Waals surface area contributed by atoms with E-state index in [4.69, 9.17) is 10.7 Å². The van der Waals surface area contributed by atoms with E-state index >= 15 is 0 Å². The number of sulfone groups is 1. The van der Waals surface area contributed by atoms with Gasteiger partial charge in [0, 0.05) is 16.4 Å². The highest BCUT2D eigenvalue weighted by Crippen LogP contribution is 2.12. The van der Waals surface area contributed by atoms with Crippen LogP contribution in [0.1, 0.15) is 16.3 Å². The van der Waals surface area contributed by atoms with Crippen molar-refractivity contribution in [2.75, 3.05) is 18.6 Å². The topological polar surface area (TPSA) is 120 Å². The van der Waals surface area contributed by atoms with Gasteiger partial charge in [-0.25, -0.2) is 31.6 Å². The molecule has 0 fully saturated rings. The Bertz CT molecular complexity index is 729. The molecule has 112 valence electrons. The van der Waals surface area contributed by atoms with Crippen molar-refractivity contribution in [1.29, 1.82) is 0 Å².